The molecule has 0 heterocycles. The quantitative estimate of drug-likeness (QED) is 0.501. The number of Topliss-reactive ketones (excluding diaryl/α,β-unsaturated/α-hetero) is 1. The van der Waals surface area contributed by atoms with Crippen LogP contribution in [0, 0.1) is 23.2 Å². The number of carbonyl (C=O) groups is 3. The van der Waals surface area contributed by atoms with Gasteiger partial charge in [-0.05, 0) is 91.7 Å². The molecule has 1 aromatic carbocycles. The van der Waals surface area contributed by atoms with Crippen LogP contribution in [0.5, 0.6) is 0 Å². The lowest BCUT2D eigenvalue weighted by molar-refractivity contribution is -0.182. The number of esters is 1. The third-order valence-corrected chi connectivity index (χ3v) is 9.91. The molecular formula is C31H39NO4. The Morgan fingerprint density at radius 2 is 1.78 bits per heavy atom. The summed E-state index contributed by atoms with van der Waals surface area (Å²) in [7, 11) is 4.08. The predicted molar refractivity (Wildman–Crippen MR) is 141 cm³/mol. The molecule has 0 amide bonds. The molecule has 0 radical (unpaired) electrons. The molecule has 6 atom stereocenters. The summed E-state index contributed by atoms with van der Waals surface area (Å²) in [5.41, 5.74) is 4.95. The molecule has 0 bridgehead atoms. The van der Waals surface area contributed by atoms with Crippen LogP contribution >= 0.6 is 0 Å². The molecule has 0 unspecified atom stereocenters. The van der Waals surface area contributed by atoms with E-state index in [1.54, 1.807) is 6.92 Å². The normalized spacial score (nSPS) is 35.4. The summed E-state index contributed by atoms with van der Waals surface area (Å²) in [6, 6.07) is 8.77. The second-order valence-corrected chi connectivity index (χ2v) is 12.0. The van der Waals surface area contributed by atoms with Crippen LogP contribution in [0.2, 0.25) is 0 Å². The highest BCUT2D eigenvalue weighted by atomic mass is 16.6. The van der Waals surface area contributed by atoms with E-state index in [9.17, 15) is 14.4 Å². The van der Waals surface area contributed by atoms with Gasteiger partial charge in [0.15, 0.2) is 17.2 Å². The number of hydrogen-bond donors (Lipinski definition) is 0. The van der Waals surface area contributed by atoms with Gasteiger partial charge in [-0.1, -0.05) is 31.6 Å². The first-order valence-corrected chi connectivity index (χ1v) is 13.4. The fourth-order valence-corrected chi connectivity index (χ4v) is 8.31. The number of carbonyl (C=O) groups excluding carboxylic acids is 3. The molecule has 0 spiro atoms. The fourth-order valence-electron chi connectivity index (χ4n) is 8.31. The minimum Gasteiger partial charge on any atom is -0.451 e. The molecule has 2 saturated carbocycles. The second-order valence-electron chi connectivity index (χ2n) is 12.0. The maximum atomic E-state index is 13.3. The number of hydrogen-bond acceptors (Lipinski definition) is 5. The van der Waals surface area contributed by atoms with E-state index in [4.69, 9.17) is 4.74 Å². The summed E-state index contributed by atoms with van der Waals surface area (Å²) < 4.78 is 6.03. The number of ketones is 2. The van der Waals surface area contributed by atoms with Crippen molar-refractivity contribution < 1.29 is 19.1 Å². The van der Waals surface area contributed by atoms with Gasteiger partial charge in [-0.2, -0.15) is 0 Å². The van der Waals surface area contributed by atoms with Crippen molar-refractivity contribution in [1.82, 2.24) is 0 Å². The second kappa shape index (κ2) is 8.71. The van der Waals surface area contributed by atoms with Crippen LogP contribution < -0.4 is 4.90 Å². The maximum Gasteiger partial charge on any atom is 0.303 e. The first kappa shape index (κ1) is 25.0. The molecule has 5 rings (SSSR count). The summed E-state index contributed by atoms with van der Waals surface area (Å²) in [6.45, 7) is 7.47. The molecule has 5 heteroatoms. The minimum atomic E-state index is -1.08. The summed E-state index contributed by atoms with van der Waals surface area (Å²) >= 11 is 0. The Labute approximate surface area is 215 Å². The van der Waals surface area contributed by atoms with E-state index in [1.165, 1.54) is 29.2 Å². The fraction of sp³-hybridized carbons (Fsp3) is 0.581. The number of anilines is 1. The third-order valence-electron chi connectivity index (χ3n) is 9.91. The summed E-state index contributed by atoms with van der Waals surface area (Å²) in [6.07, 6.45) is 6.47. The van der Waals surface area contributed by atoms with Gasteiger partial charge in [-0.15, -0.1) is 0 Å². The van der Waals surface area contributed by atoms with Crippen molar-refractivity contribution >= 4 is 23.2 Å². The lowest BCUT2D eigenvalue weighted by atomic mass is 9.50. The average Bonchev–Trinajstić information content (AvgIpc) is 3.11. The van der Waals surface area contributed by atoms with Crippen LogP contribution in [-0.4, -0.2) is 37.2 Å². The van der Waals surface area contributed by atoms with Crippen molar-refractivity contribution in [2.45, 2.75) is 77.7 Å². The Morgan fingerprint density at radius 3 is 2.39 bits per heavy atom. The largest absolute Gasteiger partial charge is 0.451 e. The first-order chi connectivity index (χ1) is 17.0. The van der Waals surface area contributed by atoms with Gasteiger partial charge in [-0.25, -0.2) is 0 Å². The number of ether oxygens (including phenoxy) is 1. The topological polar surface area (TPSA) is 63.7 Å². The van der Waals surface area contributed by atoms with Gasteiger partial charge >= 0.3 is 5.97 Å². The Hall–Kier alpha value is -2.69. The summed E-state index contributed by atoms with van der Waals surface area (Å²) in [5.74, 6) is 0.830. The molecular weight excluding hydrogens is 450 g/mol. The average molecular weight is 490 g/mol. The molecule has 0 N–H and O–H groups in total. The van der Waals surface area contributed by atoms with E-state index < -0.39 is 11.0 Å². The van der Waals surface area contributed by atoms with Crippen LogP contribution in [0.15, 0.2) is 47.1 Å². The number of fused-ring (bicyclic) bond motifs is 4. The number of benzene rings is 1. The highest BCUT2D eigenvalue weighted by Gasteiger charge is 2.67. The first-order valence-electron chi connectivity index (χ1n) is 13.4. The molecule has 1 aromatic rings. The molecule has 4 aliphatic rings. The molecule has 5 nitrogen and oxygen atoms in total. The van der Waals surface area contributed by atoms with E-state index in [2.05, 4.69) is 43.0 Å². The molecule has 2 fully saturated rings. The lowest BCUT2D eigenvalue weighted by Gasteiger charge is -2.55. The molecule has 192 valence electrons. The van der Waals surface area contributed by atoms with Crippen molar-refractivity contribution in [3.05, 3.63) is 52.6 Å². The summed E-state index contributed by atoms with van der Waals surface area (Å²) in [4.78, 5) is 40.1. The molecule has 4 aliphatic carbocycles. The van der Waals surface area contributed by atoms with Gasteiger partial charge in [0.1, 0.15) is 0 Å². The smallest absolute Gasteiger partial charge is 0.303 e. The molecule has 0 saturated heterocycles. The lowest BCUT2D eigenvalue weighted by Crippen LogP contribution is -2.57. The Morgan fingerprint density at radius 1 is 1.08 bits per heavy atom. The van der Waals surface area contributed by atoms with Crippen LogP contribution in [0.3, 0.4) is 0 Å². The van der Waals surface area contributed by atoms with Gasteiger partial charge in [0.25, 0.3) is 0 Å². The van der Waals surface area contributed by atoms with Crippen LogP contribution in [-0.2, 0) is 19.1 Å². The van der Waals surface area contributed by atoms with Gasteiger partial charge in [0.05, 0.1) is 0 Å². The van der Waals surface area contributed by atoms with Gasteiger partial charge in [-0.3, -0.25) is 14.4 Å². The van der Waals surface area contributed by atoms with Crippen molar-refractivity contribution in [3.63, 3.8) is 0 Å². The van der Waals surface area contributed by atoms with Gasteiger partial charge < -0.3 is 9.64 Å². The van der Waals surface area contributed by atoms with E-state index >= 15 is 0 Å². The number of nitrogens with zero attached hydrogens (tertiary/aromatic N) is 1. The zero-order valence-corrected chi connectivity index (χ0v) is 22.5. The van der Waals surface area contributed by atoms with Gasteiger partial charge in [0.2, 0.25) is 0 Å². The van der Waals surface area contributed by atoms with E-state index in [-0.39, 0.29) is 29.4 Å². The highest BCUT2D eigenvalue weighted by Crippen LogP contribution is 2.68. The molecule has 0 aliphatic heterocycles. The van der Waals surface area contributed by atoms with Crippen LogP contribution in [0.25, 0.3) is 0 Å². The highest BCUT2D eigenvalue weighted by molar-refractivity contribution is 5.93. The van der Waals surface area contributed by atoms with E-state index in [0.29, 0.717) is 24.7 Å². The Kier molecular flexibility index (Phi) is 6.04. The summed E-state index contributed by atoms with van der Waals surface area (Å²) in [5, 5.41) is 0. The number of rotatable bonds is 4. The third kappa shape index (κ3) is 3.61. The van der Waals surface area contributed by atoms with Crippen LogP contribution in [0.1, 0.15) is 77.7 Å². The predicted octanol–water partition coefficient (Wildman–Crippen LogP) is 5.79. The molecule has 0 aromatic heterocycles. The minimum absolute atomic E-state index is 0.0341. The zero-order chi connectivity index (χ0) is 26.0. The van der Waals surface area contributed by atoms with Crippen molar-refractivity contribution in [2.24, 2.45) is 23.2 Å². The zero-order valence-electron chi connectivity index (χ0n) is 22.5. The SMILES string of the molecule is CC(=O)O[C@@]1(C(C)=O)CC[C@H]2[C@@H]3C[C@H](C)C4=CC(=O)CCC4=C3[C@@H](c3ccc(N(C)C)cc3)C[C@@]21C. The standard InChI is InChI=1S/C31H39NO4/c1-18-15-26-28-13-14-31(19(2)33,36-20(3)34)30(28,4)17-27(21-7-9-22(10-8-21)32(5)6)29(26)24-12-11-23(35)16-25(18)24/h7-10,16,18,26-28H,11-15,17H2,1-6H3/t18-,26-,27+,28-,30-,31+/m0/s1. The van der Waals surface area contributed by atoms with Gasteiger partial charge in [0, 0.05) is 44.5 Å². The molecule has 36 heavy (non-hydrogen) atoms. The Balaban J connectivity index is 1.71. The number of allylic oxidation sites excluding steroid dienone is 4. The Bertz CT molecular complexity index is 1180. The van der Waals surface area contributed by atoms with Crippen LogP contribution in [0.4, 0.5) is 5.69 Å². The van der Waals surface area contributed by atoms with Crippen molar-refractivity contribution in [2.75, 3.05) is 19.0 Å². The monoisotopic (exact) mass is 489 g/mol. The van der Waals surface area contributed by atoms with E-state index in [1.807, 2.05) is 20.2 Å². The maximum absolute atomic E-state index is 13.3. The van der Waals surface area contributed by atoms with Crippen molar-refractivity contribution in [1.29, 1.82) is 0 Å². The van der Waals surface area contributed by atoms with E-state index in [0.717, 1.165) is 31.4 Å². The van der Waals surface area contributed by atoms with Crippen molar-refractivity contribution in [3.8, 4) is 0 Å².